The lowest BCUT2D eigenvalue weighted by atomic mass is 10.1. The Bertz CT molecular complexity index is 764. The van der Waals surface area contributed by atoms with E-state index in [1.165, 1.54) is 0 Å². The molecule has 0 saturated carbocycles. The number of aliphatic hydroxyl groups excluding tert-OH is 1. The molecule has 1 atom stereocenters. The Balaban J connectivity index is 1.77. The van der Waals surface area contributed by atoms with Crippen molar-refractivity contribution >= 4 is 11.0 Å². The average molecular weight is 282 g/mol. The van der Waals surface area contributed by atoms with Gasteiger partial charge in [0.2, 0.25) is 6.29 Å². The minimum Gasteiger partial charge on any atom is -0.463 e. The highest BCUT2D eigenvalue weighted by molar-refractivity contribution is 5.74. The smallest absolute Gasteiger partial charge is 0.215 e. The summed E-state index contributed by atoms with van der Waals surface area (Å²) in [5, 5.41) is 10.2. The van der Waals surface area contributed by atoms with Crippen LogP contribution >= 0.6 is 0 Å². The molecule has 0 aliphatic heterocycles. The third-order valence-corrected chi connectivity index (χ3v) is 3.49. The molecular formula is C17H18N2O2. The number of aryl methyl sites for hydroxylation is 2. The zero-order valence-corrected chi connectivity index (χ0v) is 12.2. The van der Waals surface area contributed by atoms with Crippen LogP contribution < -0.4 is 4.74 Å². The van der Waals surface area contributed by atoms with Gasteiger partial charge in [0.05, 0.1) is 23.9 Å². The van der Waals surface area contributed by atoms with Crippen molar-refractivity contribution in [3.63, 3.8) is 0 Å². The SMILES string of the molecule is Cc1ccc(C)c(O[C@@H](O)Cn2cnc3ccccc32)c1. The Morgan fingerprint density at radius 2 is 2.00 bits per heavy atom. The summed E-state index contributed by atoms with van der Waals surface area (Å²) in [5.41, 5.74) is 4.02. The van der Waals surface area contributed by atoms with E-state index in [1.54, 1.807) is 6.33 Å². The molecule has 0 fully saturated rings. The molecule has 2 aromatic carbocycles. The Morgan fingerprint density at radius 3 is 2.86 bits per heavy atom. The van der Waals surface area contributed by atoms with Crippen molar-refractivity contribution in [2.75, 3.05) is 0 Å². The van der Waals surface area contributed by atoms with E-state index in [4.69, 9.17) is 4.74 Å². The number of aliphatic hydroxyl groups is 1. The maximum Gasteiger partial charge on any atom is 0.215 e. The number of para-hydroxylation sites is 2. The first-order valence-electron chi connectivity index (χ1n) is 6.95. The number of imidazole rings is 1. The Labute approximate surface area is 123 Å². The van der Waals surface area contributed by atoms with Gasteiger partial charge in [0.1, 0.15) is 5.75 Å². The normalized spacial score (nSPS) is 12.5. The number of fused-ring (bicyclic) bond motifs is 1. The molecule has 1 N–H and O–H groups in total. The van der Waals surface area contributed by atoms with E-state index in [0.29, 0.717) is 12.3 Å². The second-order valence-electron chi connectivity index (χ2n) is 5.23. The molecule has 4 nitrogen and oxygen atoms in total. The monoisotopic (exact) mass is 282 g/mol. The van der Waals surface area contributed by atoms with Crippen molar-refractivity contribution in [1.82, 2.24) is 9.55 Å². The van der Waals surface area contributed by atoms with Gasteiger partial charge in [0.15, 0.2) is 0 Å². The van der Waals surface area contributed by atoms with Crippen LogP contribution in [0.5, 0.6) is 5.75 Å². The standard InChI is InChI=1S/C17H18N2O2/c1-12-7-8-13(2)16(9-12)21-17(20)10-19-11-18-14-5-3-4-6-15(14)19/h3-9,11,17,20H,10H2,1-2H3/t17-/m1/s1. The van der Waals surface area contributed by atoms with Crippen LogP contribution in [-0.4, -0.2) is 20.9 Å². The lowest BCUT2D eigenvalue weighted by Crippen LogP contribution is -2.22. The zero-order valence-electron chi connectivity index (χ0n) is 12.2. The molecule has 0 amide bonds. The molecule has 1 heterocycles. The topological polar surface area (TPSA) is 47.3 Å². The summed E-state index contributed by atoms with van der Waals surface area (Å²) in [7, 11) is 0. The first-order chi connectivity index (χ1) is 10.1. The van der Waals surface area contributed by atoms with Crippen LogP contribution in [0.3, 0.4) is 0 Å². The summed E-state index contributed by atoms with van der Waals surface area (Å²) in [6, 6.07) is 13.8. The minimum atomic E-state index is -0.914. The van der Waals surface area contributed by atoms with Crippen LogP contribution in [0.1, 0.15) is 11.1 Å². The van der Waals surface area contributed by atoms with Crippen LogP contribution in [0.25, 0.3) is 11.0 Å². The molecule has 21 heavy (non-hydrogen) atoms. The quantitative estimate of drug-likeness (QED) is 0.748. The molecule has 0 spiro atoms. The summed E-state index contributed by atoms with van der Waals surface area (Å²) in [6.07, 6.45) is 0.809. The number of rotatable bonds is 4. The molecule has 0 saturated heterocycles. The van der Waals surface area contributed by atoms with E-state index >= 15 is 0 Å². The molecule has 0 aliphatic carbocycles. The van der Waals surface area contributed by atoms with Gasteiger partial charge in [0, 0.05) is 0 Å². The summed E-state index contributed by atoms with van der Waals surface area (Å²) < 4.78 is 7.55. The van der Waals surface area contributed by atoms with Crippen LogP contribution in [0.15, 0.2) is 48.8 Å². The Kier molecular flexibility index (Phi) is 3.62. The zero-order chi connectivity index (χ0) is 14.8. The second kappa shape index (κ2) is 5.58. The van der Waals surface area contributed by atoms with E-state index < -0.39 is 6.29 Å². The molecule has 108 valence electrons. The average Bonchev–Trinajstić information content (AvgIpc) is 2.86. The molecular weight excluding hydrogens is 264 g/mol. The van der Waals surface area contributed by atoms with Gasteiger partial charge in [-0.05, 0) is 43.2 Å². The minimum absolute atomic E-state index is 0.341. The fourth-order valence-corrected chi connectivity index (χ4v) is 2.34. The third kappa shape index (κ3) is 2.90. The van der Waals surface area contributed by atoms with Gasteiger partial charge < -0.3 is 14.4 Å². The van der Waals surface area contributed by atoms with E-state index in [9.17, 15) is 5.11 Å². The molecule has 3 aromatic rings. The van der Waals surface area contributed by atoms with Crippen molar-refractivity contribution in [3.05, 3.63) is 59.9 Å². The molecule has 3 rings (SSSR count). The molecule has 1 aromatic heterocycles. The van der Waals surface area contributed by atoms with Gasteiger partial charge in [-0.2, -0.15) is 0 Å². The number of benzene rings is 2. The highest BCUT2D eigenvalue weighted by Gasteiger charge is 2.11. The van der Waals surface area contributed by atoms with Gasteiger partial charge in [-0.1, -0.05) is 24.3 Å². The number of nitrogens with zero attached hydrogens (tertiary/aromatic N) is 2. The first kappa shape index (κ1) is 13.6. The highest BCUT2D eigenvalue weighted by Crippen LogP contribution is 2.21. The van der Waals surface area contributed by atoms with E-state index in [0.717, 1.165) is 22.2 Å². The summed E-state index contributed by atoms with van der Waals surface area (Å²) >= 11 is 0. The van der Waals surface area contributed by atoms with E-state index in [2.05, 4.69) is 4.98 Å². The van der Waals surface area contributed by atoms with Crippen molar-refractivity contribution in [1.29, 1.82) is 0 Å². The van der Waals surface area contributed by atoms with Gasteiger partial charge in [-0.15, -0.1) is 0 Å². The lowest BCUT2D eigenvalue weighted by molar-refractivity contribution is -0.0291. The summed E-state index contributed by atoms with van der Waals surface area (Å²) in [6.45, 7) is 4.31. The fourth-order valence-electron chi connectivity index (χ4n) is 2.34. The highest BCUT2D eigenvalue weighted by atomic mass is 16.6. The van der Waals surface area contributed by atoms with Crippen molar-refractivity contribution in [2.24, 2.45) is 0 Å². The first-order valence-corrected chi connectivity index (χ1v) is 6.95. The number of hydrogen-bond acceptors (Lipinski definition) is 3. The van der Waals surface area contributed by atoms with Gasteiger partial charge in [0.25, 0.3) is 0 Å². The number of aromatic nitrogens is 2. The van der Waals surface area contributed by atoms with Crippen LogP contribution in [0.2, 0.25) is 0 Å². The van der Waals surface area contributed by atoms with Crippen molar-refractivity contribution in [3.8, 4) is 5.75 Å². The second-order valence-corrected chi connectivity index (χ2v) is 5.23. The molecule has 0 radical (unpaired) electrons. The van der Waals surface area contributed by atoms with E-state index in [1.807, 2.05) is 60.9 Å². The van der Waals surface area contributed by atoms with Crippen LogP contribution in [-0.2, 0) is 6.54 Å². The van der Waals surface area contributed by atoms with Crippen molar-refractivity contribution < 1.29 is 9.84 Å². The maximum absolute atomic E-state index is 10.2. The molecule has 0 unspecified atom stereocenters. The van der Waals surface area contributed by atoms with Gasteiger partial charge in [-0.3, -0.25) is 0 Å². The predicted molar refractivity (Wildman–Crippen MR) is 82.3 cm³/mol. The van der Waals surface area contributed by atoms with Gasteiger partial charge >= 0.3 is 0 Å². The van der Waals surface area contributed by atoms with Crippen molar-refractivity contribution in [2.45, 2.75) is 26.7 Å². The largest absolute Gasteiger partial charge is 0.463 e. The number of ether oxygens (including phenoxy) is 1. The lowest BCUT2D eigenvalue weighted by Gasteiger charge is -2.16. The summed E-state index contributed by atoms with van der Waals surface area (Å²) in [5.74, 6) is 0.715. The van der Waals surface area contributed by atoms with E-state index in [-0.39, 0.29) is 0 Å². The predicted octanol–water partition coefficient (Wildman–Crippen LogP) is 3.05. The number of hydrogen-bond donors (Lipinski definition) is 1. The van der Waals surface area contributed by atoms with Gasteiger partial charge in [-0.25, -0.2) is 4.98 Å². The summed E-state index contributed by atoms with van der Waals surface area (Å²) in [4.78, 5) is 4.31. The maximum atomic E-state index is 10.2. The Morgan fingerprint density at radius 1 is 1.19 bits per heavy atom. The molecule has 0 bridgehead atoms. The van der Waals surface area contributed by atoms with Crippen LogP contribution in [0, 0.1) is 13.8 Å². The third-order valence-electron chi connectivity index (χ3n) is 3.49. The fraction of sp³-hybridized carbons (Fsp3) is 0.235. The molecule has 4 heteroatoms. The molecule has 0 aliphatic rings. The Hall–Kier alpha value is -2.33. The van der Waals surface area contributed by atoms with Crippen LogP contribution in [0.4, 0.5) is 0 Å².